The molecule has 0 saturated heterocycles. The Morgan fingerprint density at radius 1 is 1.35 bits per heavy atom. The quantitative estimate of drug-likeness (QED) is 0.841. The maximum Gasteiger partial charge on any atom is 0.325 e. The monoisotopic (exact) mass is 277 g/mol. The molecule has 0 spiro atoms. The summed E-state index contributed by atoms with van der Waals surface area (Å²) in [5, 5.41) is 3.66. The van der Waals surface area contributed by atoms with Crippen molar-refractivity contribution < 1.29 is 14.3 Å². The summed E-state index contributed by atoms with van der Waals surface area (Å²) in [6, 6.07) is 3.18. The third kappa shape index (κ3) is 3.98. The van der Waals surface area contributed by atoms with E-state index in [1.165, 1.54) is 7.11 Å². The highest BCUT2D eigenvalue weighted by atomic mass is 35.5. The fourth-order valence-electron chi connectivity index (χ4n) is 1.22. The minimum Gasteiger partial charge on any atom is -0.495 e. The Hall–Kier alpha value is -1.13. The number of ether oxygens (including phenoxy) is 2. The molecule has 0 radical (unpaired) electrons. The molecule has 0 saturated carbocycles. The van der Waals surface area contributed by atoms with E-state index in [2.05, 4.69) is 5.32 Å². The van der Waals surface area contributed by atoms with Gasteiger partial charge in [0.15, 0.2) is 0 Å². The lowest BCUT2D eigenvalue weighted by Gasteiger charge is -2.11. The summed E-state index contributed by atoms with van der Waals surface area (Å²) in [5.41, 5.74) is 0.593. The number of esters is 1. The molecule has 0 aliphatic rings. The smallest absolute Gasteiger partial charge is 0.325 e. The predicted molar refractivity (Wildman–Crippen MR) is 68.1 cm³/mol. The fourth-order valence-corrected chi connectivity index (χ4v) is 1.53. The van der Waals surface area contributed by atoms with Crippen molar-refractivity contribution in [3.8, 4) is 5.75 Å². The summed E-state index contributed by atoms with van der Waals surface area (Å²) in [6.45, 7) is 2.14. The normalized spacial score (nSPS) is 9.88. The van der Waals surface area contributed by atoms with Crippen LogP contribution in [0.25, 0.3) is 0 Å². The van der Waals surface area contributed by atoms with Crippen LogP contribution < -0.4 is 10.1 Å². The molecule has 0 aliphatic heterocycles. The second-order valence-corrected chi connectivity index (χ2v) is 3.94. The first kappa shape index (κ1) is 13.9. The zero-order valence-corrected chi connectivity index (χ0v) is 11.1. The largest absolute Gasteiger partial charge is 0.495 e. The summed E-state index contributed by atoms with van der Waals surface area (Å²) >= 11 is 11.7. The van der Waals surface area contributed by atoms with E-state index in [9.17, 15) is 4.79 Å². The van der Waals surface area contributed by atoms with Crippen LogP contribution in [0, 0.1) is 0 Å². The van der Waals surface area contributed by atoms with Crippen LogP contribution in [-0.4, -0.2) is 26.2 Å². The van der Waals surface area contributed by atoms with Gasteiger partial charge in [-0.2, -0.15) is 0 Å². The first-order valence-electron chi connectivity index (χ1n) is 5.01. The van der Waals surface area contributed by atoms with Crippen LogP contribution in [0.4, 0.5) is 5.69 Å². The third-order valence-electron chi connectivity index (χ3n) is 1.97. The zero-order valence-electron chi connectivity index (χ0n) is 9.55. The number of anilines is 1. The molecule has 1 N–H and O–H groups in total. The Morgan fingerprint density at radius 3 is 2.59 bits per heavy atom. The molecule has 1 rings (SSSR count). The minimum atomic E-state index is -0.347. The van der Waals surface area contributed by atoms with Gasteiger partial charge in [-0.1, -0.05) is 23.2 Å². The van der Waals surface area contributed by atoms with Crippen molar-refractivity contribution >= 4 is 34.9 Å². The average Bonchev–Trinajstić information content (AvgIpc) is 2.30. The van der Waals surface area contributed by atoms with Gasteiger partial charge in [0.2, 0.25) is 0 Å². The minimum absolute atomic E-state index is 0.0438. The van der Waals surface area contributed by atoms with E-state index in [4.69, 9.17) is 32.7 Å². The number of hydrogen-bond donors (Lipinski definition) is 1. The summed E-state index contributed by atoms with van der Waals surface area (Å²) in [4.78, 5) is 11.2. The second-order valence-electron chi connectivity index (χ2n) is 3.13. The number of carbonyl (C=O) groups excluding carboxylic acids is 1. The second kappa shape index (κ2) is 6.57. The summed E-state index contributed by atoms with van der Waals surface area (Å²) in [7, 11) is 1.51. The summed E-state index contributed by atoms with van der Waals surface area (Å²) in [5.74, 6) is 0.171. The van der Waals surface area contributed by atoms with Crippen LogP contribution in [0.5, 0.6) is 5.75 Å². The van der Waals surface area contributed by atoms with Crippen molar-refractivity contribution in [3.63, 3.8) is 0 Å². The van der Waals surface area contributed by atoms with Gasteiger partial charge >= 0.3 is 5.97 Å². The Balaban J connectivity index is 2.76. The topological polar surface area (TPSA) is 47.6 Å². The highest BCUT2D eigenvalue weighted by Crippen LogP contribution is 2.33. The van der Waals surface area contributed by atoms with Crippen molar-refractivity contribution in [2.45, 2.75) is 6.92 Å². The first-order chi connectivity index (χ1) is 8.08. The van der Waals surface area contributed by atoms with Crippen molar-refractivity contribution in [2.24, 2.45) is 0 Å². The van der Waals surface area contributed by atoms with E-state index < -0.39 is 0 Å². The lowest BCUT2D eigenvalue weighted by atomic mass is 10.3. The summed E-state index contributed by atoms with van der Waals surface area (Å²) in [6.07, 6.45) is 0. The maximum absolute atomic E-state index is 11.2. The molecule has 0 bridgehead atoms. The van der Waals surface area contributed by atoms with Gasteiger partial charge in [0.1, 0.15) is 12.3 Å². The molecule has 0 heterocycles. The maximum atomic E-state index is 11.2. The average molecular weight is 278 g/mol. The molecule has 1 aromatic carbocycles. The van der Waals surface area contributed by atoms with E-state index >= 15 is 0 Å². The molecule has 0 atom stereocenters. The van der Waals surface area contributed by atoms with Gasteiger partial charge in [0, 0.05) is 6.07 Å². The van der Waals surface area contributed by atoms with Gasteiger partial charge in [-0.05, 0) is 13.0 Å². The van der Waals surface area contributed by atoms with Crippen molar-refractivity contribution in [1.29, 1.82) is 0 Å². The van der Waals surface area contributed by atoms with Crippen LogP contribution in [0.3, 0.4) is 0 Å². The van der Waals surface area contributed by atoms with Crippen molar-refractivity contribution in [1.82, 2.24) is 0 Å². The molecule has 0 aromatic heterocycles. The van der Waals surface area contributed by atoms with Gasteiger partial charge in [0.25, 0.3) is 0 Å². The highest BCUT2D eigenvalue weighted by Gasteiger charge is 2.09. The first-order valence-corrected chi connectivity index (χ1v) is 5.76. The number of halogens is 2. The van der Waals surface area contributed by atoms with E-state index in [1.54, 1.807) is 19.1 Å². The Kier molecular flexibility index (Phi) is 5.38. The lowest BCUT2D eigenvalue weighted by molar-refractivity contribution is -0.140. The highest BCUT2D eigenvalue weighted by molar-refractivity contribution is 6.42. The van der Waals surface area contributed by atoms with E-state index in [1.807, 2.05) is 0 Å². The number of carbonyl (C=O) groups is 1. The molecule has 0 amide bonds. The molecule has 0 aliphatic carbocycles. The number of nitrogens with one attached hydrogen (secondary N) is 1. The van der Waals surface area contributed by atoms with Gasteiger partial charge in [-0.25, -0.2) is 0 Å². The number of hydrogen-bond acceptors (Lipinski definition) is 4. The van der Waals surface area contributed by atoms with Crippen molar-refractivity contribution in [2.75, 3.05) is 25.6 Å². The molecule has 0 fully saturated rings. The van der Waals surface area contributed by atoms with Crippen molar-refractivity contribution in [3.05, 3.63) is 22.2 Å². The van der Waals surface area contributed by atoms with Gasteiger partial charge in [0.05, 0.1) is 29.4 Å². The van der Waals surface area contributed by atoms with Crippen LogP contribution in [0.1, 0.15) is 6.92 Å². The number of benzene rings is 1. The SMILES string of the molecule is CCOC(=O)CNc1cc(Cl)c(Cl)cc1OC. The number of methoxy groups -OCH3 is 1. The van der Waals surface area contributed by atoms with Gasteiger partial charge < -0.3 is 14.8 Å². The Morgan fingerprint density at radius 2 is 2.00 bits per heavy atom. The van der Waals surface area contributed by atoms with E-state index in [0.717, 1.165) is 0 Å². The van der Waals surface area contributed by atoms with Crippen LogP contribution >= 0.6 is 23.2 Å². The third-order valence-corrected chi connectivity index (χ3v) is 2.69. The summed E-state index contributed by atoms with van der Waals surface area (Å²) < 4.78 is 9.91. The van der Waals surface area contributed by atoms with Crippen LogP contribution in [0.2, 0.25) is 10.0 Å². The van der Waals surface area contributed by atoms with E-state index in [-0.39, 0.29) is 12.5 Å². The zero-order chi connectivity index (χ0) is 12.8. The molecular weight excluding hydrogens is 265 g/mol. The number of rotatable bonds is 5. The Labute approximate surface area is 110 Å². The lowest BCUT2D eigenvalue weighted by Crippen LogP contribution is -2.17. The Bertz CT molecular complexity index is 410. The molecule has 0 unspecified atom stereocenters. The fraction of sp³-hybridized carbons (Fsp3) is 0.364. The standard InChI is InChI=1S/C11H13Cl2NO3/c1-3-17-11(15)6-14-9-4-7(12)8(13)5-10(9)16-2/h4-5,14H,3,6H2,1-2H3. The molecule has 4 nitrogen and oxygen atoms in total. The molecule has 17 heavy (non-hydrogen) atoms. The van der Waals surface area contributed by atoms with Crippen LogP contribution in [-0.2, 0) is 9.53 Å². The van der Waals surface area contributed by atoms with E-state index in [0.29, 0.717) is 28.1 Å². The predicted octanol–water partition coefficient (Wildman–Crippen LogP) is 2.98. The molecular formula is C11H13Cl2NO3. The van der Waals surface area contributed by atoms with Gasteiger partial charge in [-0.15, -0.1) is 0 Å². The molecule has 1 aromatic rings. The molecule has 6 heteroatoms. The molecule has 94 valence electrons. The van der Waals surface area contributed by atoms with Crippen LogP contribution in [0.15, 0.2) is 12.1 Å². The van der Waals surface area contributed by atoms with Gasteiger partial charge in [-0.3, -0.25) is 4.79 Å².